The van der Waals surface area contributed by atoms with Crippen molar-refractivity contribution in [1.82, 2.24) is 5.32 Å². The van der Waals surface area contributed by atoms with Gasteiger partial charge < -0.3 is 17.7 Å². The Balaban J connectivity index is -0.000000167. The highest BCUT2D eigenvalue weighted by atomic mass is 35.5. The van der Waals surface area contributed by atoms with Crippen LogP contribution >= 0.6 is 0 Å². The van der Waals surface area contributed by atoms with Crippen LogP contribution in [0.2, 0.25) is 0 Å². The molecule has 0 radical (unpaired) electrons. The Hall–Kier alpha value is -0.450. The van der Waals surface area contributed by atoms with E-state index in [4.69, 9.17) is 0 Å². The van der Waals surface area contributed by atoms with Gasteiger partial charge in [0.2, 0.25) is 0 Å². The normalized spacial score (nSPS) is 9.93. The van der Waals surface area contributed by atoms with Crippen molar-refractivity contribution in [3.63, 3.8) is 0 Å². The van der Waals surface area contributed by atoms with Crippen molar-refractivity contribution in [2.45, 2.75) is 40.7 Å². The van der Waals surface area contributed by atoms with E-state index in [0.29, 0.717) is 12.8 Å². The van der Waals surface area contributed by atoms with Crippen molar-refractivity contribution in [3.8, 4) is 0 Å². The molecule has 0 spiro atoms. The Morgan fingerprint density at radius 2 is 1.79 bits per heavy atom. The Morgan fingerprint density at radius 1 is 1.36 bits per heavy atom. The first-order valence-electron chi connectivity index (χ1n) is 3.60. The molecule has 0 aliphatic heterocycles. The summed E-state index contributed by atoms with van der Waals surface area (Å²) in [5.74, 6) is -0.0553. The number of Topliss-reactive ketones (excluding diaryl/α,β-unsaturated/α-hetero) is 1. The number of halogens is 1. The van der Waals surface area contributed by atoms with Gasteiger partial charge in [-0.15, -0.1) is 0 Å². The molecule has 0 heterocycles. The summed E-state index contributed by atoms with van der Waals surface area (Å²) in [7, 11) is 1.71. The maximum absolute atomic E-state index is 10.8. The Labute approximate surface area is 93.0 Å². The van der Waals surface area contributed by atoms with Gasteiger partial charge >= 0.3 is 5.91 Å². The molecule has 88 valence electrons. The molecule has 4 N–H and O–H groups in total. The molecule has 14 heavy (non-hydrogen) atoms. The maximum Gasteiger partial charge on any atom is 0.308 e. The number of rotatable bonds is 5. The van der Waals surface area contributed by atoms with Gasteiger partial charge in [-0.2, -0.15) is 0 Å². The number of hydrogen-bond acceptors (Lipinski definition) is 3. The largest absolute Gasteiger partial charge is 1.00 e. The third-order valence-corrected chi connectivity index (χ3v) is 1.55. The topological polar surface area (TPSA) is 73.8 Å². The SMILES string of the molecule is C.C.CNC(CCC([NH3+])=O)C(C)=O.[Cl-]. The zero-order chi connectivity index (χ0) is 8.85. The lowest BCUT2D eigenvalue weighted by molar-refractivity contribution is -0.305. The van der Waals surface area contributed by atoms with Crippen LogP contribution in [0.3, 0.4) is 0 Å². The summed E-state index contributed by atoms with van der Waals surface area (Å²) in [6, 6.07) is -0.194. The van der Waals surface area contributed by atoms with Gasteiger partial charge in [0.1, 0.15) is 5.78 Å². The zero-order valence-electron chi connectivity index (χ0n) is 7.39. The second-order valence-corrected chi connectivity index (χ2v) is 2.53. The minimum Gasteiger partial charge on any atom is -1.00 e. The molecule has 0 bridgehead atoms. The zero-order valence-corrected chi connectivity index (χ0v) is 8.15. The van der Waals surface area contributed by atoms with Gasteiger partial charge in [-0.1, -0.05) is 14.9 Å². The molecule has 1 unspecified atom stereocenters. The molecule has 0 aromatic rings. The molecule has 0 fully saturated rings. The predicted octanol–water partition coefficient (Wildman–Crippen LogP) is -3.01. The van der Waals surface area contributed by atoms with E-state index in [1.165, 1.54) is 6.92 Å². The summed E-state index contributed by atoms with van der Waals surface area (Å²) in [6.07, 6.45) is 0.916. The lowest BCUT2D eigenvalue weighted by Crippen LogP contribution is -3.00. The quantitative estimate of drug-likeness (QED) is 0.525. The van der Waals surface area contributed by atoms with Crippen LogP contribution in [0, 0.1) is 0 Å². The van der Waals surface area contributed by atoms with Crippen LogP contribution in [0.1, 0.15) is 34.6 Å². The molecule has 0 rings (SSSR count). The van der Waals surface area contributed by atoms with E-state index in [1.807, 2.05) is 0 Å². The van der Waals surface area contributed by atoms with E-state index < -0.39 is 0 Å². The lowest BCUT2D eigenvalue weighted by Gasteiger charge is -2.09. The average molecular weight is 227 g/mol. The number of nitrogens with one attached hydrogen (secondary N) is 1. The standard InChI is InChI=1S/C7H14N2O2.2CH4.ClH/c1-5(10)6(9-2)3-4-7(8)11;;;/h6,9H,3-4H2,1-2H3,(H2,8,11);2*1H4;1H. The fourth-order valence-corrected chi connectivity index (χ4v) is 0.856. The van der Waals surface area contributed by atoms with E-state index in [9.17, 15) is 9.59 Å². The smallest absolute Gasteiger partial charge is 0.308 e. The average Bonchev–Trinajstić information content (AvgIpc) is 1.87. The third kappa shape index (κ3) is 11.6. The summed E-state index contributed by atoms with van der Waals surface area (Å²) in [5.41, 5.74) is 3.23. The highest BCUT2D eigenvalue weighted by Crippen LogP contribution is 1.96. The van der Waals surface area contributed by atoms with Gasteiger partial charge in [-0.3, -0.25) is 10.5 Å². The van der Waals surface area contributed by atoms with Crippen molar-refractivity contribution in [3.05, 3.63) is 0 Å². The number of quaternary nitrogens is 1. The van der Waals surface area contributed by atoms with Crippen LogP contribution < -0.4 is 23.5 Å². The predicted molar refractivity (Wildman–Crippen MR) is 54.1 cm³/mol. The second kappa shape index (κ2) is 12.6. The monoisotopic (exact) mass is 226 g/mol. The molecular weight excluding hydrogens is 204 g/mol. The number of amides is 1. The molecule has 1 amide bonds. The number of hydrogen-bond donors (Lipinski definition) is 2. The summed E-state index contributed by atoms with van der Waals surface area (Å²) >= 11 is 0. The summed E-state index contributed by atoms with van der Waals surface area (Å²) in [6.45, 7) is 1.51. The lowest BCUT2D eigenvalue weighted by atomic mass is 10.1. The van der Waals surface area contributed by atoms with E-state index >= 15 is 0 Å². The van der Waals surface area contributed by atoms with E-state index in [0.717, 1.165) is 0 Å². The fourth-order valence-electron chi connectivity index (χ4n) is 0.856. The minimum absolute atomic E-state index is 0. The maximum atomic E-state index is 10.8. The third-order valence-electron chi connectivity index (χ3n) is 1.55. The Morgan fingerprint density at radius 3 is 2.00 bits per heavy atom. The van der Waals surface area contributed by atoms with E-state index in [-0.39, 0.29) is 45.0 Å². The van der Waals surface area contributed by atoms with Crippen LogP contribution in [-0.2, 0) is 9.59 Å². The molecular formula is C9H23ClN2O2. The Kier molecular flexibility index (Phi) is 21.0. The molecule has 0 aliphatic carbocycles. The molecule has 0 aliphatic rings. The molecule has 0 saturated heterocycles. The van der Waals surface area contributed by atoms with Crippen LogP contribution in [0.4, 0.5) is 0 Å². The van der Waals surface area contributed by atoms with Gasteiger partial charge in [0.15, 0.2) is 0 Å². The first kappa shape index (κ1) is 23.4. The van der Waals surface area contributed by atoms with Gasteiger partial charge in [-0.25, -0.2) is 4.79 Å². The highest BCUT2D eigenvalue weighted by Gasteiger charge is 2.12. The number of carbonyl (C=O) groups excluding carboxylic acids is 2. The van der Waals surface area contributed by atoms with Crippen molar-refractivity contribution >= 4 is 11.7 Å². The van der Waals surface area contributed by atoms with E-state index in [2.05, 4.69) is 11.1 Å². The highest BCUT2D eigenvalue weighted by molar-refractivity contribution is 5.81. The molecule has 0 saturated carbocycles. The van der Waals surface area contributed by atoms with E-state index in [1.54, 1.807) is 7.05 Å². The van der Waals surface area contributed by atoms with Crippen molar-refractivity contribution in [2.75, 3.05) is 7.05 Å². The molecule has 1 atom stereocenters. The van der Waals surface area contributed by atoms with Gasteiger partial charge in [0.25, 0.3) is 0 Å². The molecule has 4 nitrogen and oxygen atoms in total. The molecule has 0 aromatic carbocycles. The fraction of sp³-hybridized carbons (Fsp3) is 0.778. The number of likely N-dealkylation sites (N-methyl/N-ethyl adjacent to an activating group) is 1. The molecule has 5 heteroatoms. The van der Waals surface area contributed by atoms with Gasteiger partial charge in [-0.05, 0) is 20.4 Å². The Bertz CT molecular complexity index is 163. The van der Waals surface area contributed by atoms with Gasteiger partial charge in [0, 0.05) is 0 Å². The first-order valence-corrected chi connectivity index (χ1v) is 3.60. The van der Waals surface area contributed by atoms with Crippen LogP contribution in [0.15, 0.2) is 0 Å². The van der Waals surface area contributed by atoms with Crippen molar-refractivity contribution in [2.24, 2.45) is 0 Å². The first-order chi connectivity index (χ1) is 5.07. The van der Waals surface area contributed by atoms with Crippen LogP contribution in [-0.4, -0.2) is 24.8 Å². The second-order valence-electron chi connectivity index (χ2n) is 2.53. The minimum atomic E-state index is -0.194. The van der Waals surface area contributed by atoms with Crippen molar-refractivity contribution < 1.29 is 27.7 Å². The van der Waals surface area contributed by atoms with Crippen LogP contribution in [0.5, 0.6) is 0 Å². The molecule has 0 aromatic heterocycles. The summed E-state index contributed by atoms with van der Waals surface area (Å²) in [5, 5.41) is 2.83. The number of ketones is 1. The van der Waals surface area contributed by atoms with Crippen LogP contribution in [0.25, 0.3) is 0 Å². The van der Waals surface area contributed by atoms with Crippen molar-refractivity contribution in [1.29, 1.82) is 0 Å². The summed E-state index contributed by atoms with van der Waals surface area (Å²) in [4.78, 5) is 21.2. The number of carbonyl (C=O) groups is 2. The van der Waals surface area contributed by atoms with Gasteiger partial charge in [0.05, 0.1) is 12.5 Å². The summed E-state index contributed by atoms with van der Waals surface area (Å²) < 4.78 is 0.